The monoisotopic (exact) mass is 581 g/mol. The van der Waals surface area contributed by atoms with Crippen molar-refractivity contribution in [1.29, 1.82) is 0 Å². The highest BCUT2D eigenvalue weighted by Gasteiger charge is 2.45. The van der Waals surface area contributed by atoms with Crippen molar-refractivity contribution >= 4 is 17.5 Å². The molecule has 0 N–H and O–H groups in total. The number of methoxy groups -OCH3 is 2. The van der Waals surface area contributed by atoms with E-state index in [1.165, 1.54) is 0 Å². The molecule has 3 aromatic rings. The third kappa shape index (κ3) is 6.51. The maximum Gasteiger partial charge on any atom is 0.315 e. The van der Waals surface area contributed by atoms with Crippen molar-refractivity contribution in [3.8, 4) is 17.2 Å². The lowest BCUT2D eigenvalue weighted by Crippen LogP contribution is -2.39. The van der Waals surface area contributed by atoms with Gasteiger partial charge in [-0.3, -0.25) is 14.6 Å². The molecule has 0 aromatic heterocycles. The molecular formula is C36H39NO6. The van der Waals surface area contributed by atoms with Crippen LogP contribution in [0.1, 0.15) is 68.6 Å². The van der Waals surface area contributed by atoms with E-state index in [1.54, 1.807) is 14.2 Å². The van der Waals surface area contributed by atoms with Crippen LogP contribution in [0.25, 0.3) is 0 Å². The number of ketones is 1. The van der Waals surface area contributed by atoms with Gasteiger partial charge in [0.2, 0.25) is 0 Å². The van der Waals surface area contributed by atoms with E-state index in [0.717, 1.165) is 22.4 Å². The Bertz CT molecular complexity index is 1540. The van der Waals surface area contributed by atoms with Crippen LogP contribution in [0.15, 0.2) is 89.1 Å². The maximum absolute atomic E-state index is 14.1. The van der Waals surface area contributed by atoms with Gasteiger partial charge in [0.1, 0.15) is 18.3 Å². The van der Waals surface area contributed by atoms with E-state index in [4.69, 9.17) is 23.9 Å². The first kappa shape index (κ1) is 30.1. The highest BCUT2D eigenvalue weighted by Crippen LogP contribution is 2.48. The van der Waals surface area contributed by atoms with E-state index < -0.39 is 11.8 Å². The van der Waals surface area contributed by atoms with E-state index in [2.05, 4.69) is 0 Å². The average molecular weight is 582 g/mol. The minimum Gasteiger partial charge on any atom is -0.493 e. The molecule has 0 spiro atoms. The van der Waals surface area contributed by atoms with Crippen molar-refractivity contribution in [2.45, 2.75) is 64.6 Å². The fourth-order valence-corrected chi connectivity index (χ4v) is 5.96. The molecule has 0 fully saturated rings. The Labute approximate surface area is 253 Å². The molecule has 43 heavy (non-hydrogen) atoms. The Morgan fingerprint density at radius 2 is 1.70 bits per heavy atom. The number of aliphatic imine (C=N–C) groups is 1. The smallest absolute Gasteiger partial charge is 0.315 e. The van der Waals surface area contributed by atoms with E-state index in [-0.39, 0.29) is 23.8 Å². The number of rotatable bonds is 10. The zero-order chi connectivity index (χ0) is 30.5. The molecule has 1 unspecified atom stereocenters. The molecule has 7 nitrogen and oxygen atoms in total. The lowest BCUT2D eigenvalue weighted by atomic mass is 9.69. The first-order valence-electron chi connectivity index (χ1n) is 14.8. The van der Waals surface area contributed by atoms with Crippen molar-refractivity contribution < 1.29 is 28.5 Å². The summed E-state index contributed by atoms with van der Waals surface area (Å²) in [5, 5.41) is 0. The first-order valence-corrected chi connectivity index (χ1v) is 14.8. The van der Waals surface area contributed by atoms with Gasteiger partial charge in [0.05, 0.1) is 20.3 Å². The number of hydrogen-bond donors (Lipinski definition) is 0. The third-order valence-electron chi connectivity index (χ3n) is 8.38. The second-order valence-corrected chi connectivity index (χ2v) is 11.2. The first-order chi connectivity index (χ1) is 20.8. The zero-order valence-electron chi connectivity index (χ0n) is 25.5. The molecule has 0 amide bonds. The van der Waals surface area contributed by atoms with Gasteiger partial charge in [0, 0.05) is 29.3 Å². The van der Waals surface area contributed by atoms with Crippen molar-refractivity contribution in [3.63, 3.8) is 0 Å². The van der Waals surface area contributed by atoms with E-state index in [1.807, 2.05) is 93.6 Å². The Hall–Kier alpha value is -4.39. The van der Waals surface area contributed by atoms with Crippen molar-refractivity contribution in [1.82, 2.24) is 0 Å². The van der Waals surface area contributed by atoms with Gasteiger partial charge in [-0.2, -0.15) is 0 Å². The SMILES string of the molecule is CC[C@H](C)OC(=O)C1C(C)=NC2=C(C(=O)C[C@H](c3ccc(OC)c(OC)c3)C2)[C@H]1c1cccc(OCc2ccccc2)c1. The quantitative estimate of drug-likeness (QED) is 0.236. The van der Waals surface area contributed by atoms with Gasteiger partial charge in [0.25, 0.3) is 0 Å². The number of benzene rings is 3. The molecule has 0 saturated heterocycles. The van der Waals surface area contributed by atoms with Gasteiger partial charge in [0.15, 0.2) is 17.3 Å². The predicted octanol–water partition coefficient (Wildman–Crippen LogP) is 7.20. The maximum atomic E-state index is 14.1. The van der Waals surface area contributed by atoms with Crippen LogP contribution < -0.4 is 14.2 Å². The number of allylic oxidation sites excluding steroid dienone is 2. The van der Waals surface area contributed by atoms with Gasteiger partial charge in [-0.1, -0.05) is 55.5 Å². The summed E-state index contributed by atoms with van der Waals surface area (Å²) < 4.78 is 22.9. The van der Waals surface area contributed by atoms with E-state index >= 15 is 0 Å². The van der Waals surface area contributed by atoms with Crippen LogP contribution in [0.4, 0.5) is 0 Å². The molecule has 1 aliphatic heterocycles. The van der Waals surface area contributed by atoms with Crippen molar-refractivity contribution in [2.75, 3.05) is 14.2 Å². The summed E-state index contributed by atoms with van der Waals surface area (Å²) >= 11 is 0. The highest BCUT2D eigenvalue weighted by atomic mass is 16.5. The van der Waals surface area contributed by atoms with Crippen LogP contribution >= 0.6 is 0 Å². The summed E-state index contributed by atoms with van der Waals surface area (Å²) in [4.78, 5) is 32.6. The number of carbonyl (C=O) groups excluding carboxylic acids is 2. The summed E-state index contributed by atoms with van der Waals surface area (Å²) in [5.41, 5.74) is 4.83. The van der Waals surface area contributed by atoms with Gasteiger partial charge in [-0.15, -0.1) is 0 Å². The van der Waals surface area contributed by atoms with Crippen molar-refractivity contribution in [3.05, 3.63) is 101 Å². The fraction of sp³-hybridized carbons (Fsp3) is 0.361. The molecule has 2 aliphatic rings. The molecular weight excluding hydrogens is 542 g/mol. The summed E-state index contributed by atoms with van der Waals surface area (Å²) in [7, 11) is 3.20. The summed E-state index contributed by atoms with van der Waals surface area (Å²) in [6.45, 7) is 6.13. The van der Waals surface area contributed by atoms with Crippen LogP contribution in [-0.2, 0) is 20.9 Å². The molecule has 3 aromatic carbocycles. The van der Waals surface area contributed by atoms with Gasteiger partial charge >= 0.3 is 5.97 Å². The lowest BCUT2D eigenvalue weighted by molar-refractivity contribution is -0.151. The molecule has 7 heteroatoms. The van der Waals surface area contributed by atoms with Crippen LogP contribution in [-0.4, -0.2) is 37.8 Å². The molecule has 224 valence electrons. The standard InChI is InChI=1S/C36H39NO6/c1-6-22(2)43-36(39)33-23(3)37-29-18-27(25-15-16-31(40-4)32(20-25)41-5)19-30(38)35(29)34(33)26-13-10-14-28(17-26)42-21-24-11-8-7-9-12-24/h7-17,20,22,27,33-34H,6,18-19,21H2,1-5H3/t22-,27+,33?,34-/m0/s1. The topological polar surface area (TPSA) is 83.4 Å². The Morgan fingerprint density at radius 1 is 0.930 bits per heavy atom. The minimum atomic E-state index is -0.710. The van der Waals surface area contributed by atoms with Crippen LogP contribution in [0, 0.1) is 5.92 Å². The Morgan fingerprint density at radius 3 is 2.42 bits per heavy atom. The van der Waals surface area contributed by atoms with Crippen LogP contribution in [0.2, 0.25) is 0 Å². The molecule has 1 aliphatic carbocycles. The number of hydrogen-bond acceptors (Lipinski definition) is 7. The summed E-state index contributed by atoms with van der Waals surface area (Å²) in [5.74, 6) is 0.237. The zero-order valence-corrected chi connectivity index (χ0v) is 25.5. The number of Topliss-reactive ketones (excluding diaryl/α,β-unsaturated/α-hetero) is 1. The van der Waals surface area contributed by atoms with Crippen LogP contribution in [0.5, 0.6) is 17.2 Å². The molecule has 0 radical (unpaired) electrons. The molecule has 4 atom stereocenters. The summed E-state index contributed by atoms with van der Waals surface area (Å²) in [6.07, 6.45) is 1.33. The second-order valence-electron chi connectivity index (χ2n) is 11.2. The molecule has 0 bridgehead atoms. The number of carbonyl (C=O) groups is 2. The number of nitrogens with zero attached hydrogens (tertiary/aromatic N) is 1. The van der Waals surface area contributed by atoms with E-state index in [0.29, 0.717) is 54.4 Å². The van der Waals surface area contributed by atoms with E-state index in [9.17, 15) is 9.59 Å². The molecule has 1 heterocycles. The van der Waals surface area contributed by atoms with Gasteiger partial charge in [-0.25, -0.2) is 0 Å². The third-order valence-corrected chi connectivity index (χ3v) is 8.38. The summed E-state index contributed by atoms with van der Waals surface area (Å²) in [6, 6.07) is 23.4. The Balaban J connectivity index is 1.52. The molecule has 5 rings (SSSR count). The average Bonchev–Trinajstić information content (AvgIpc) is 3.03. The lowest BCUT2D eigenvalue weighted by Gasteiger charge is -2.37. The predicted molar refractivity (Wildman–Crippen MR) is 166 cm³/mol. The number of ether oxygens (including phenoxy) is 4. The van der Waals surface area contributed by atoms with Gasteiger partial charge in [-0.05, 0) is 73.6 Å². The minimum absolute atomic E-state index is 0.0146. The van der Waals surface area contributed by atoms with Gasteiger partial charge < -0.3 is 18.9 Å². The largest absolute Gasteiger partial charge is 0.493 e. The highest BCUT2D eigenvalue weighted by molar-refractivity contribution is 6.09. The second kappa shape index (κ2) is 13.3. The fourth-order valence-electron chi connectivity index (χ4n) is 5.96. The normalized spacial score (nSPS) is 20.5. The Kier molecular flexibility index (Phi) is 9.29. The molecule has 0 saturated carbocycles. The number of esters is 1. The van der Waals surface area contributed by atoms with Crippen molar-refractivity contribution in [2.24, 2.45) is 10.9 Å². The van der Waals surface area contributed by atoms with Crippen LogP contribution in [0.3, 0.4) is 0 Å².